The van der Waals surface area contributed by atoms with E-state index in [1.165, 1.54) is 12.8 Å². The van der Waals surface area contributed by atoms with E-state index in [0.29, 0.717) is 30.8 Å². The molecule has 1 unspecified atom stereocenters. The van der Waals surface area contributed by atoms with Gasteiger partial charge in [0.05, 0.1) is 22.2 Å². The van der Waals surface area contributed by atoms with Crippen molar-refractivity contribution in [3.05, 3.63) is 57.8 Å². The molecule has 3 saturated heterocycles. The average Bonchev–Trinajstić information content (AvgIpc) is 3.89. The Bertz CT molecular complexity index is 2390. The van der Waals surface area contributed by atoms with Gasteiger partial charge in [-0.2, -0.15) is 0 Å². The molecule has 3 amide bonds. The molecule has 4 fully saturated rings. The number of aryl methyl sites for hydroxylation is 1. The second-order valence-corrected chi connectivity index (χ2v) is 16.7. The summed E-state index contributed by atoms with van der Waals surface area (Å²) >= 11 is 1.54. The first kappa shape index (κ1) is 32.7. The molecule has 3 aromatic heterocycles. The molecule has 5 aliphatic rings. The van der Waals surface area contributed by atoms with Crippen molar-refractivity contribution in [2.45, 2.75) is 50.7 Å². The predicted molar refractivity (Wildman–Crippen MR) is 207 cm³/mol. The van der Waals surface area contributed by atoms with Crippen LogP contribution in [-0.4, -0.2) is 94.6 Å². The Morgan fingerprint density at radius 1 is 0.887 bits per heavy atom. The number of nitrogens with one attached hydrogen (secondary N) is 3. The number of nitrogens with zero attached hydrogens (tertiary/aromatic N) is 6. The van der Waals surface area contributed by atoms with E-state index in [1.807, 2.05) is 13.0 Å². The number of benzene rings is 2. The molecule has 14 heteroatoms. The Morgan fingerprint density at radius 3 is 2.45 bits per heavy atom. The fraction of sp³-hybridized carbons (Fsp3) is 0.462. The van der Waals surface area contributed by atoms with Gasteiger partial charge in [0.1, 0.15) is 16.7 Å². The van der Waals surface area contributed by atoms with Gasteiger partial charge in [-0.3, -0.25) is 33.7 Å². The van der Waals surface area contributed by atoms with Crippen LogP contribution in [-0.2, 0) is 16.6 Å². The normalized spacial score (nSPS) is 26.5. The number of rotatable bonds is 4. The number of piperidine rings is 1. The van der Waals surface area contributed by atoms with Crippen molar-refractivity contribution in [1.29, 1.82) is 0 Å². The zero-order valence-corrected chi connectivity index (χ0v) is 30.7. The maximum absolute atomic E-state index is 13.3. The molecule has 4 aliphatic heterocycles. The van der Waals surface area contributed by atoms with Crippen molar-refractivity contribution in [1.82, 2.24) is 29.7 Å². The number of pyridine rings is 1. The Kier molecular flexibility index (Phi) is 7.59. The molecule has 0 spiro atoms. The maximum atomic E-state index is 13.3. The summed E-state index contributed by atoms with van der Waals surface area (Å²) in [7, 11) is 1.76. The Hall–Kier alpha value is -4.95. The third-order valence-electron chi connectivity index (χ3n) is 12.5. The highest BCUT2D eigenvalue weighted by Gasteiger charge is 2.43. The molecule has 1 saturated carbocycles. The lowest BCUT2D eigenvalue weighted by molar-refractivity contribution is -0.135. The highest BCUT2D eigenvalue weighted by Crippen LogP contribution is 2.43. The summed E-state index contributed by atoms with van der Waals surface area (Å²) in [6, 6.07) is 14.6. The van der Waals surface area contributed by atoms with E-state index in [4.69, 9.17) is 4.98 Å². The number of amides is 3. The molecule has 3 N–H and O–H groups in total. The Labute approximate surface area is 309 Å². The highest BCUT2D eigenvalue weighted by atomic mass is 32.1. The number of imidazole rings is 1. The topological polar surface area (TPSA) is 137 Å². The summed E-state index contributed by atoms with van der Waals surface area (Å²) in [6.45, 7) is 8.68. The molecule has 2 aromatic carbocycles. The van der Waals surface area contributed by atoms with E-state index >= 15 is 0 Å². The number of anilines is 3. The van der Waals surface area contributed by atoms with Gasteiger partial charge in [0.2, 0.25) is 11.8 Å². The van der Waals surface area contributed by atoms with Crippen LogP contribution in [0.5, 0.6) is 0 Å². The first-order valence-corrected chi connectivity index (χ1v) is 19.7. The van der Waals surface area contributed by atoms with E-state index in [2.05, 4.69) is 67.0 Å². The first-order chi connectivity index (χ1) is 25.7. The average molecular weight is 734 g/mol. The molecule has 0 bridgehead atoms. The number of piperazine rings is 1. The number of carbonyl (C=O) groups is 3. The number of hydrogen-bond donors (Lipinski definition) is 3. The standard InChI is InChI=1S/C39H43N9O4S/c1-21-18-40-35-34-26-4-9-32(42-27(26)5-8-31(34)53-36(35)38(51)41-21)46-13-11-45(12-14-46)25-15-22-19-47(20-23(22)16-25)24-3-6-28-30(17-24)44(2)39(52)48(28)29-7-10-33(49)43-37(29)50/h3-6,8-9,17,21-23,25,29,40H,7,10-16,18-20H2,1-2H3,(H,41,51)(H,43,49,50)/t21-,22-,23+,25-,29?/m1/s1. The smallest absolute Gasteiger partial charge is 0.329 e. The van der Waals surface area contributed by atoms with Crippen LogP contribution in [0.2, 0.25) is 0 Å². The van der Waals surface area contributed by atoms with Gasteiger partial charge in [-0.05, 0) is 80.5 Å². The summed E-state index contributed by atoms with van der Waals surface area (Å²) < 4.78 is 4.27. The van der Waals surface area contributed by atoms with Gasteiger partial charge in [-0.15, -0.1) is 11.3 Å². The SMILES string of the molecule is C[C@@H]1CNc2c(sc3ccc4nc(N5CCN([C@@H]6C[C@@H]7CN(c8ccc9c(c8)n(C)c(=O)n9C8CCC(=O)NC8=O)C[C@@H]7C6)CC5)ccc4c23)C(=O)N1. The van der Waals surface area contributed by atoms with Crippen LogP contribution in [0.15, 0.2) is 47.3 Å². The molecule has 0 radical (unpaired) electrons. The van der Waals surface area contributed by atoms with E-state index in [9.17, 15) is 19.2 Å². The fourth-order valence-corrected chi connectivity index (χ4v) is 10.9. The second-order valence-electron chi connectivity index (χ2n) is 15.7. The van der Waals surface area contributed by atoms with Gasteiger partial charge in [0, 0.05) is 92.5 Å². The summed E-state index contributed by atoms with van der Waals surface area (Å²) in [5.41, 5.74) is 4.30. The van der Waals surface area contributed by atoms with Crippen molar-refractivity contribution < 1.29 is 14.4 Å². The maximum Gasteiger partial charge on any atom is 0.329 e. The quantitative estimate of drug-likeness (QED) is 0.237. The first-order valence-electron chi connectivity index (χ1n) is 18.9. The van der Waals surface area contributed by atoms with Crippen LogP contribution in [0.3, 0.4) is 0 Å². The monoisotopic (exact) mass is 733 g/mol. The largest absolute Gasteiger partial charge is 0.381 e. The predicted octanol–water partition coefficient (Wildman–Crippen LogP) is 3.66. The summed E-state index contributed by atoms with van der Waals surface area (Å²) in [5, 5.41) is 11.2. The van der Waals surface area contributed by atoms with Crippen molar-refractivity contribution in [2.24, 2.45) is 18.9 Å². The van der Waals surface area contributed by atoms with Crippen LogP contribution in [0.4, 0.5) is 17.2 Å². The second kappa shape index (κ2) is 12.3. The van der Waals surface area contributed by atoms with Crippen LogP contribution >= 0.6 is 11.3 Å². The van der Waals surface area contributed by atoms with E-state index in [0.717, 1.165) is 93.4 Å². The molecule has 5 aromatic rings. The molecule has 1 aliphatic carbocycles. The Balaban J connectivity index is 0.790. The molecule has 53 heavy (non-hydrogen) atoms. The number of thiophene rings is 1. The van der Waals surface area contributed by atoms with Crippen LogP contribution in [0, 0.1) is 11.8 Å². The van der Waals surface area contributed by atoms with E-state index in [-0.39, 0.29) is 30.0 Å². The van der Waals surface area contributed by atoms with Gasteiger partial charge < -0.3 is 20.4 Å². The summed E-state index contributed by atoms with van der Waals surface area (Å²) in [4.78, 5) is 63.9. The van der Waals surface area contributed by atoms with Crippen molar-refractivity contribution in [3.8, 4) is 0 Å². The molecule has 274 valence electrons. The van der Waals surface area contributed by atoms with Gasteiger partial charge in [0.25, 0.3) is 5.91 Å². The minimum Gasteiger partial charge on any atom is -0.381 e. The van der Waals surface area contributed by atoms with Crippen molar-refractivity contribution >= 4 is 78.3 Å². The van der Waals surface area contributed by atoms with Crippen LogP contribution in [0.1, 0.15) is 48.3 Å². The lowest BCUT2D eigenvalue weighted by Crippen LogP contribution is -2.50. The van der Waals surface area contributed by atoms with Gasteiger partial charge in [-0.25, -0.2) is 9.78 Å². The number of imide groups is 1. The fourth-order valence-electron chi connectivity index (χ4n) is 9.76. The third kappa shape index (κ3) is 5.31. The Morgan fingerprint density at radius 2 is 1.68 bits per heavy atom. The molecule has 5 atom stereocenters. The van der Waals surface area contributed by atoms with Crippen molar-refractivity contribution in [2.75, 3.05) is 60.9 Å². The molecule has 13 nitrogen and oxygen atoms in total. The number of carbonyl (C=O) groups excluding carboxylic acids is 3. The minimum absolute atomic E-state index is 0.00930. The lowest BCUT2D eigenvalue weighted by atomic mass is 10.0. The van der Waals surface area contributed by atoms with Crippen LogP contribution < -0.4 is 31.4 Å². The number of fused-ring (bicyclic) bond motifs is 7. The highest BCUT2D eigenvalue weighted by molar-refractivity contribution is 7.21. The minimum atomic E-state index is -0.676. The zero-order chi connectivity index (χ0) is 36.1. The number of hydrogen-bond acceptors (Lipinski definition) is 10. The van der Waals surface area contributed by atoms with Gasteiger partial charge in [0.15, 0.2) is 0 Å². The third-order valence-corrected chi connectivity index (χ3v) is 13.7. The lowest BCUT2D eigenvalue weighted by Gasteiger charge is -2.39. The molecule has 7 heterocycles. The summed E-state index contributed by atoms with van der Waals surface area (Å²) in [6.07, 6.45) is 2.97. The van der Waals surface area contributed by atoms with E-state index in [1.54, 1.807) is 27.5 Å². The van der Waals surface area contributed by atoms with Gasteiger partial charge >= 0.3 is 5.69 Å². The van der Waals surface area contributed by atoms with Crippen molar-refractivity contribution in [3.63, 3.8) is 0 Å². The van der Waals surface area contributed by atoms with Crippen LogP contribution in [0.25, 0.3) is 32.0 Å². The van der Waals surface area contributed by atoms with E-state index < -0.39 is 11.9 Å². The molecular formula is C39H43N9O4S. The molecular weight excluding hydrogens is 691 g/mol. The number of aromatic nitrogens is 3. The zero-order valence-electron chi connectivity index (χ0n) is 29.9. The molecule has 10 rings (SSSR count). The summed E-state index contributed by atoms with van der Waals surface area (Å²) in [5.74, 6) is 1.59. The van der Waals surface area contributed by atoms with Gasteiger partial charge in [-0.1, -0.05) is 0 Å².